The molecule has 3 atom stereocenters. The van der Waals surface area contributed by atoms with Crippen LogP contribution in [0.5, 0.6) is 0 Å². The number of halogens is 1. The number of hydrogen-bond acceptors (Lipinski definition) is 3. The van der Waals surface area contributed by atoms with Gasteiger partial charge in [0.15, 0.2) is 5.65 Å². The third-order valence-corrected chi connectivity index (χ3v) is 6.06. The summed E-state index contributed by atoms with van der Waals surface area (Å²) in [4.78, 5) is 4.58. The van der Waals surface area contributed by atoms with Gasteiger partial charge in [-0.15, -0.1) is 5.10 Å². The molecule has 0 radical (unpaired) electrons. The Hall–Kier alpha value is -1.29. The summed E-state index contributed by atoms with van der Waals surface area (Å²) in [7, 11) is 0. The molecule has 2 bridgehead atoms. The van der Waals surface area contributed by atoms with Crippen molar-refractivity contribution in [3.63, 3.8) is 0 Å². The van der Waals surface area contributed by atoms with E-state index in [4.69, 9.17) is 11.6 Å². The maximum absolute atomic E-state index is 6.01. The second-order valence-corrected chi connectivity index (χ2v) is 8.01. The van der Waals surface area contributed by atoms with Crippen molar-refractivity contribution in [1.29, 1.82) is 0 Å². The summed E-state index contributed by atoms with van der Waals surface area (Å²) in [6.07, 6.45) is 5.77. The van der Waals surface area contributed by atoms with Gasteiger partial charge in [-0.3, -0.25) is 0 Å². The molecule has 2 aromatic rings. The lowest BCUT2D eigenvalue weighted by molar-refractivity contribution is 0.155. The maximum atomic E-state index is 6.01. The maximum Gasteiger partial charge on any atom is 0.243 e. The minimum absolute atomic E-state index is 0.294. The van der Waals surface area contributed by atoms with Crippen LogP contribution in [0.2, 0.25) is 5.02 Å². The summed E-state index contributed by atoms with van der Waals surface area (Å²) in [5.41, 5.74) is 1.49. The van der Waals surface area contributed by atoms with Crippen molar-refractivity contribution < 1.29 is 0 Å². The highest BCUT2D eigenvalue weighted by molar-refractivity contribution is 6.30. The minimum atomic E-state index is 0.294. The molecular formula is C16H21ClN4. The highest BCUT2D eigenvalue weighted by Crippen LogP contribution is 2.62. The normalized spacial score (nSPS) is 33.7. The predicted molar refractivity (Wildman–Crippen MR) is 84.6 cm³/mol. The molecule has 2 fully saturated rings. The van der Waals surface area contributed by atoms with Crippen LogP contribution in [0.4, 0.5) is 5.95 Å². The number of pyridine rings is 1. The largest absolute Gasteiger partial charge is 0.349 e. The quantitative estimate of drug-likeness (QED) is 0.911. The van der Waals surface area contributed by atoms with Gasteiger partial charge >= 0.3 is 0 Å². The Balaban J connectivity index is 1.68. The van der Waals surface area contributed by atoms with Crippen molar-refractivity contribution in [3.8, 4) is 0 Å². The number of nitrogens with one attached hydrogen (secondary N) is 1. The van der Waals surface area contributed by atoms with Crippen LogP contribution in [0.15, 0.2) is 18.3 Å². The van der Waals surface area contributed by atoms with Crippen molar-refractivity contribution in [1.82, 2.24) is 14.6 Å². The fourth-order valence-corrected chi connectivity index (χ4v) is 4.87. The van der Waals surface area contributed by atoms with Gasteiger partial charge in [0, 0.05) is 12.2 Å². The lowest BCUT2D eigenvalue weighted by Crippen LogP contribution is -2.46. The molecule has 4 nitrogen and oxygen atoms in total. The molecular weight excluding hydrogens is 284 g/mol. The van der Waals surface area contributed by atoms with Crippen LogP contribution in [-0.4, -0.2) is 20.6 Å². The number of hydrogen-bond donors (Lipinski definition) is 1. The third kappa shape index (κ3) is 1.88. The zero-order valence-corrected chi connectivity index (χ0v) is 13.5. The van der Waals surface area contributed by atoms with Crippen LogP contribution < -0.4 is 5.32 Å². The van der Waals surface area contributed by atoms with E-state index in [1.165, 1.54) is 19.3 Å². The Morgan fingerprint density at radius 3 is 2.86 bits per heavy atom. The standard InChI is InChI=1S/C16H21ClN4/c1-15(2)10-6-7-16(3,8-10)13(15)19-14-18-12-5-4-11(17)9-21(12)20-14/h4-5,9-10,13H,6-8H2,1-3H3,(H,19,20). The SMILES string of the molecule is CC12CCC(C1)C(C)(C)C2Nc1nc2ccc(Cl)cn2n1. The van der Waals surface area contributed by atoms with E-state index < -0.39 is 0 Å². The Morgan fingerprint density at radius 1 is 1.33 bits per heavy atom. The first-order valence-corrected chi connectivity index (χ1v) is 8.05. The molecule has 2 saturated carbocycles. The topological polar surface area (TPSA) is 42.2 Å². The lowest BCUT2D eigenvalue weighted by Gasteiger charge is -2.42. The second kappa shape index (κ2) is 4.13. The van der Waals surface area contributed by atoms with Crippen molar-refractivity contribution in [2.75, 3.05) is 5.32 Å². The van der Waals surface area contributed by atoms with Crippen LogP contribution in [0.1, 0.15) is 40.0 Å². The summed E-state index contributed by atoms with van der Waals surface area (Å²) >= 11 is 6.01. The highest BCUT2D eigenvalue weighted by Gasteiger charge is 2.59. The number of anilines is 1. The molecule has 0 saturated heterocycles. The van der Waals surface area contributed by atoms with E-state index >= 15 is 0 Å². The smallest absolute Gasteiger partial charge is 0.243 e. The molecule has 3 unspecified atom stereocenters. The Morgan fingerprint density at radius 2 is 2.14 bits per heavy atom. The number of aromatic nitrogens is 3. The van der Waals surface area contributed by atoms with Gasteiger partial charge in [0.05, 0.1) is 5.02 Å². The molecule has 1 N–H and O–H groups in total. The Kier molecular flexibility index (Phi) is 2.63. The van der Waals surface area contributed by atoms with Gasteiger partial charge in [0.1, 0.15) is 0 Å². The van der Waals surface area contributed by atoms with E-state index in [1.54, 1.807) is 10.7 Å². The van der Waals surface area contributed by atoms with E-state index in [0.717, 1.165) is 11.6 Å². The second-order valence-electron chi connectivity index (χ2n) is 7.58. The molecule has 21 heavy (non-hydrogen) atoms. The fourth-order valence-electron chi connectivity index (χ4n) is 4.71. The monoisotopic (exact) mass is 304 g/mol. The third-order valence-electron chi connectivity index (χ3n) is 5.84. The van der Waals surface area contributed by atoms with Crippen molar-refractivity contribution in [2.45, 2.75) is 46.1 Å². The van der Waals surface area contributed by atoms with Gasteiger partial charge in [-0.05, 0) is 48.1 Å². The van der Waals surface area contributed by atoms with Gasteiger partial charge in [0.2, 0.25) is 5.95 Å². The molecule has 0 amide bonds. The van der Waals surface area contributed by atoms with Crippen molar-refractivity contribution >= 4 is 23.2 Å². The Bertz CT molecular complexity index is 703. The molecule has 112 valence electrons. The number of nitrogens with zero attached hydrogens (tertiary/aromatic N) is 3. The van der Waals surface area contributed by atoms with Gasteiger partial charge in [-0.2, -0.15) is 4.98 Å². The first kappa shape index (κ1) is 13.4. The molecule has 2 aromatic heterocycles. The van der Waals surface area contributed by atoms with E-state index in [2.05, 4.69) is 36.2 Å². The molecule has 0 aromatic carbocycles. The number of rotatable bonds is 2. The fraction of sp³-hybridized carbons (Fsp3) is 0.625. The molecule has 2 aliphatic carbocycles. The van der Waals surface area contributed by atoms with Crippen molar-refractivity contribution in [2.24, 2.45) is 16.7 Å². The van der Waals surface area contributed by atoms with Gasteiger partial charge in [-0.25, -0.2) is 4.52 Å². The number of fused-ring (bicyclic) bond motifs is 3. The molecule has 5 heteroatoms. The average Bonchev–Trinajstić information content (AvgIpc) is 3.03. The summed E-state index contributed by atoms with van der Waals surface area (Å²) < 4.78 is 1.74. The van der Waals surface area contributed by atoms with Crippen LogP contribution in [-0.2, 0) is 0 Å². The summed E-state index contributed by atoms with van der Waals surface area (Å²) in [5.74, 6) is 1.52. The van der Waals surface area contributed by atoms with E-state index in [-0.39, 0.29) is 0 Å². The zero-order valence-electron chi connectivity index (χ0n) is 12.7. The van der Waals surface area contributed by atoms with Crippen LogP contribution >= 0.6 is 11.6 Å². The molecule has 2 heterocycles. The molecule has 4 rings (SSSR count). The first-order valence-electron chi connectivity index (χ1n) is 7.67. The van der Waals surface area contributed by atoms with Gasteiger partial charge in [-0.1, -0.05) is 32.4 Å². The average molecular weight is 305 g/mol. The van der Waals surface area contributed by atoms with Gasteiger partial charge in [0.25, 0.3) is 0 Å². The molecule has 2 aliphatic rings. The van der Waals surface area contributed by atoms with E-state index in [9.17, 15) is 0 Å². The van der Waals surface area contributed by atoms with Crippen LogP contribution in [0, 0.1) is 16.7 Å². The summed E-state index contributed by atoms with van der Waals surface area (Å²) in [5, 5.41) is 8.83. The highest BCUT2D eigenvalue weighted by atomic mass is 35.5. The summed E-state index contributed by atoms with van der Waals surface area (Å²) in [6, 6.07) is 4.17. The summed E-state index contributed by atoms with van der Waals surface area (Å²) in [6.45, 7) is 7.17. The Labute approximate surface area is 129 Å². The van der Waals surface area contributed by atoms with Gasteiger partial charge < -0.3 is 5.32 Å². The molecule has 0 aliphatic heterocycles. The zero-order chi connectivity index (χ0) is 14.8. The van der Waals surface area contributed by atoms with Crippen molar-refractivity contribution in [3.05, 3.63) is 23.4 Å². The first-order chi connectivity index (χ1) is 9.88. The van der Waals surface area contributed by atoms with Crippen LogP contribution in [0.25, 0.3) is 5.65 Å². The minimum Gasteiger partial charge on any atom is -0.349 e. The van der Waals surface area contributed by atoms with Crippen LogP contribution in [0.3, 0.4) is 0 Å². The van der Waals surface area contributed by atoms with E-state index in [1.807, 2.05) is 12.1 Å². The lowest BCUT2D eigenvalue weighted by atomic mass is 9.68. The predicted octanol–water partition coefficient (Wildman–Crippen LogP) is 4.01. The molecule has 0 spiro atoms. The van der Waals surface area contributed by atoms with E-state index in [0.29, 0.717) is 27.8 Å².